The van der Waals surface area contributed by atoms with Crippen LogP contribution in [-0.4, -0.2) is 15.0 Å². The van der Waals surface area contributed by atoms with Crippen LogP contribution in [0.25, 0.3) is 75.1 Å². The third-order valence-electron chi connectivity index (χ3n) is 7.19. The Labute approximate surface area is 216 Å². The number of nitrogens with zero attached hydrogens (tertiary/aromatic N) is 3. The molecule has 0 atom stereocenters. The highest BCUT2D eigenvalue weighted by Gasteiger charge is 2.14. The summed E-state index contributed by atoms with van der Waals surface area (Å²) < 4.78 is 2.57. The summed E-state index contributed by atoms with van der Waals surface area (Å²) in [4.78, 5) is 14.1. The maximum atomic E-state index is 5.10. The van der Waals surface area contributed by atoms with Crippen molar-refractivity contribution < 1.29 is 0 Å². The molecule has 0 spiro atoms. The first kappa shape index (κ1) is 20.5. The molecule has 0 unspecified atom stereocenters. The summed E-state index contributed by atoms with van der Waals surface area (Å²) in [5, 5.41) is 7.13. The molecule has 0 saturated heterocycles. The normalized spacial score (nSPS) is 11.8. The molecule has 4 heterocycles. The highest BCUT2D eigenvalue weighted by molar-refractivity contribution is 7.26. The Kier molecular flexibility index (Phi) is 4.39. The molecule has 0 N–H and O–H groups in total. The van der Waals surface area contributed by atoms with Gasteiger partial charge < -0.3 is 0 Å². The van der Waals surface area contributed by atoms with Crippen LogP contribution < -0.4 is 0 Å². The Balaban J connectivity index is 1.38. The lowest BCUT2D eigenvalue weighted by Crippen LogP contribution is -1.88. The Bertz CT molecular complexity index is 2150. The Morgan fingerprint density at radius 3 is 2.38 bits per heavy atom. The molecule has 0 radical (unpaired) electrons. The van der Waals surface area contributed by atoms with Gasteiger partial charge in [0.05, 0.1) is 16.7 Å². The Morgan fingerprint density at radius 1 is 0.568 bits per heavy atom. The monoisotopic (exact) mass is 489 g/mol. The first-order chi connectivity index (χ1) is 18.3. The third-order valence-corrected chi connectivity index (χ3v) is 8.33. The lowest BCUT2D eigenvalue weighted by atomic mass is 9.95. The van der Waals surface area contributed by atoms with Gasteiger partial charge in [-0.3, -0.25) is 9.97 Å². The first-order valence-electron chi connectivity index (χ1n) is 12.3. The maximum absolute atomic E-state index is 5.10. The number of hydrogen-bond acceptors (Lipinski definition) is 4. The maximum Gasteiger partial charge on any atom is 0.0972 e. The average Bonchev–Trinajstić information content (AvgIpc) is 3.35. The van der Waals surface area contributed by atoms with Gasteiger partial charge in [0.2, 0.25) is 0 Å². The predicted molar refractivity (Wildman–Crippen MR) is 156 cm³/mol. The second kappa shape index (κ2) is 7.92. The molecule has 37 heavy (non-hydrogen) atoms. The molecule has 0 bridgehead atoms. The predicted octanol–water partition coefficient (Wildman–Crippen LogP) is 9.03. The summed E-state index contributed by atoms with van der Waals surface area (Å²) in [5.41, 5.74) is 6.43. The molecule has 8 aromatic rings. The van der Waals surface area contributed by atoms with Crippen LogP contribution in [0.5, 0.6) is 0 Å². The van der Waals surface area contributed by atoms with E-state index in [0.717, 1.165) is 38.4 Å². The fourth-order valence-electron chi connectivity index (χ4n) is 5.45. The van der Waals surface area contributed by atoms with E-state index in [2.05, 4.69) is 101 Å². The van der Waals surface area contributed by atoms with E-state index in [-0.39, 0.29) is 0 Å². The van der Waals surface area contributed by atoms with Crippen molar-refractivity contribution in [3.8, 4) is 22.4 Å². The first-order valence-corrected chi connectivity index (χ1v) is 13.1. The molecule has 4 aromatic carbocycles. The van der Waals surface area contributed by atoms with Gasteiger partial charge in [0.1, 0.15) is 0 Å². The van der Waals surface area contributed by atoms with Gasteiger partial charge in [-0.25, -0.2) is 4.98 Å². The Hall–Kier alpha value is -4.67. The van der Waals surface area contributed by atoms with E-state index in [4.69, 9.17) is 4.98 Å². The van der Waals surface area contributed by atoms with E-state index in [1.165, 1.54) is 36.7 Å². The minimum absolute atomic E-state index is 0.941. The zero-order valence-corrected chi connectivity index (χ0v) is 20.5. The highest BCUT2D eigenvalue weighted by atomic mass is 32.1. The van der Waals surface area contributed by atoms with Gasteiger partial charge in [-0.2, -0.15) is 0 Å². The lowest BCUT2D eigenvalue weighted by Gasteiger charge is -2.09. The summed E-state index contributed by atoms with van der Waals surface area (Å²) >= 11 is 1.84. The third kappa shape index (κ3) is 3.16. The molecule has 172 valence electrons. The van der Waals surface area contributed by atoms with Crippen molar-refractivity contribution in [1.29, 1.82) is 0 Å². The number of rotatable bonds is 2. The van der Waals surface area contributed by atoms with Crippen LogP contribution in [0.2, 0.25) is 0 Å². The van der Waals surface area contributed by atoms with E-state index in [0.29, 0.717) is 0 Å². The van der Waals surface area contributed by atoms with Crippen LogP contribution in [0.1, 0.15) is 0 Å². The van der Waals surface area contributed by atoms with Gasteiger partial charge in [0.15, 0.2) is 0 Å². The summed E-state index contributed by atoms with van der Waals surface area (Å²) in [6.07, 6.45) is 5.65. The molecule has 4 heteroatoms. The van der Waals surface area contributed by atoms with E-state index in [1.54, 1.807) is 0 Å². The summed E-state index contributed by atoms with van der Waals surface area (Å²) in [5.74, 6) is 0. The standard InChI is InChI=1S/C33H19N3S/c1-4-23-19-34-17-15-24(23)25(6-1)26-7-2-8-30-31(26)27-18-22(12-14-29(27)37-30)28-13-11-21-10-9-20-5-3-16-35-32(20)33(21)36-28/h1-19H. The van der Waals surface area contributed by atoms with Crippen LogP contribution >= 0.6 is 11.3 Å². The fourth-order valence-corrected chi connectivity index (χ4v) is 6.57. The number of fused-ring (bicyclic) bond motifs is 7. The quantitative estimate of drug-likeness (QED) is 0.227. The minimum atomic E-state index is 0.941. The zero-order valence-electron chi connectivity index (χ0n) is 19.7. The molecular weight excluding hydrogens is 470 g/mol. The van der Waals surface area contributed by atoms with Crippen LogP contribution in [0.4, 0.5) is 0 Å². The molecule has 0 aliphatic heterocycles. The lowest BCUT2D eigenvalue weighted by molar-refractivity contribution is 1.36. The van der Waals surface area contributed by atoms with Crippen molar-refractivity contribution in [3.63, 3.8) is 0 Å². The number of thiophene rings is 1. The van der Waals surface area contributed by atoms with Crippen LogP contribution in [-0.2, 0) is 0 Å². The molecule has 0 fully saturated rings. The largest absolute Gasteiger partial charge is 0.264 e. The van der Waals surface area contributed by atoms with E-state index in [1.807, 2.05) is 36.0 Å². The van der Waals surface area contributed by atoms with Gasteiger partial charge in [-0.1, -0.05) is 60.7 Å². The van der Waals surface area contributed by atoms with Crippen molar-refractivity contribution >= 4 is 64.1 Å². The number of pyridine rings is 3. The van der Waals surface area contributed by atoms with Crippen molar-refractivity contribution in [1.82, 2.24) is 15.0 Å². The molecule has 3 nitrogen and oxygen atoms in total. The smallest absolute Gasteiger partial charge is 0.0972 e. The van der Waals surface area contributed by atoms with Gasteiger partial charge in [0, 0.05) is 60.5 Å². The molecular formula is C33H19N3S. The topological polar surface area (TPSA) is 38.7 Å². The van der Waals surface area contributed by atoms with Crippen molar-refractivity contribution in [2.45, 2.75) is 0 Å². The summed E-state index contributed by atoms with van der Waals surface area (Å²) in [7, 11) is 0. The molecule has 8 rings (SSSR count). The van der Waals surface area contributed by atoms with Crippen LogP contribution in [0.3, 0.4) is 0 Å². The summed E-state index contributed by atoms with van der Waals surface area (Å²) in [6.45, 7) is 0. The van der Waals surface area contributed by atoms with Gasteiger partial charge >= 0.3 is 0 Å². The van der Waals surface area contributed by atoms with E-state index in [9.17, 15) is 0 Å². The fraction of sp³-hybridized carbons (Fsp3) is 0. The average molecular weight is 490 g/mol. The SMILES string of the molecule is c1cc(-c2cccc3sc4ccc(-c5ccc6ccc7cccnc7c6n5)cc4c23)c2ccncc2c1. The molecule has 4 aromatic heterocycles. The number of benzene rings is 4. The summed E-state index contributed by atoms with van der Waals surface area (Å²) in [6, 6.07) is 34.5. The van der Waals surface area contributed by atoms with Gasteiger partial charge in [-0.05, 0) is 52.9 Å². The van der Waals surface area contributed by atoms with Gasteiger partial charge in [-0.15, -0.1) is 11.3 Å². The number of hydrogen-bond donors (Lipinski definition) is 0. The van der Waals surface area contributed by atoms with Crippen molar-refractivity contribution in [3.05, 3.63) is 116 Å². The second-order valence-corrected chi connectivity index (χ2v) is 10.4. The van der Waals surface area contributed by atoms with Gasteiger partial charge in [0.25, 0.3) is 0 Å². The minimum Gasteiger partial charge on any atom is -0.264 e. The second-order valence-electron chi connectivity index (χ2n) is 9.30. The highest BCUT2D eigenvalue weighted by Crippen LogP contribution is 2.43. The molecule has 0 amide bonds. The van der Waals surface area contributed by atoms with E-state index < -0.39 is 0 Å². The van der Waals surface area contributed by atoms with Crippen molar-refractivity contribution in [2.24, 2.45) is 0 Å². The van der Waals surface area contributed by atoms with Crippen LogP contribution in [0, 0.1) is 0 Å². The number of aromatic nitrogens is 3. The Morgan fingerprint density at radius 2 is 1.41 bits per heavy atom. The van der Waals surface area contributed by atoms with E-state index >= 15 is 0 Å². The van der Waals surface area contributed by atoms with Crippen molar-refractivity contribution in [2.75, 3.05) is 0 Å². The van der Waals surface area contributed by atoms with Crippen LogP contribution in [0.15, 0.2) is 116 Å². The molecule has 0 aliphatic carbocycles. The zero-order chi connectivity index (χ0) is 24.3. The molecule has 0 saturated carbocycles. The molecule has 0 aliphatic rings.